The zero-order valence-corrected chi connectivity index (χ0v) is 20.6. The Morgan fingerprint density at radius 1 is 1.09 bits per heavy atom. The normalized spacial score (nSPS) is 27.7. The van der Waals surface area contributed by atoms with Crippen LogP contribution < -0.4 is 5.32 Å². The summed E-state index contributed by atoms with van der Waals surface area (Å²) in [6, 6.07) is 16.5. The third-order valence-corrected chi connectivity index (χ3v) is 7.83. The van der Waals surface area contributed by atoms with Gasteiger partial charge in [-0.2, -0.15) is 0 Å². The van der Waals surface area contributed by atoms with Gasteiger partial charge >= 0.3 is 5.97 Å². The van der Waals surface area contributed by atoms with Crippen LogP contribution in [0.1, 0.15) is 31.4 Å². The number of halogens is 1. The van der Waals surface area contributed by atoms with Gasteiger partial charge in [0.1, 0.15) is 5.82 Å². The van der Waals surface area contributed by atoms with E-state index in [1.54, 1.807) is 18.2 Å². The number of carbonyl (C=O) groups excluding carboxylic acids is 2. The third-order valence-electron chi connectivity index (χ3n) is 7.83. The second kappa shape index (κ2) is 10.7. The Morgan fingerprint density at radius 2 is 1.80 bits per heavy atom. The monoisotopic (exact) mass is 479 g/mol. The standard InChI is InChI=1S/C29H34FNO4/c1-19-17-23(14-16-35-15-13-22-11-7-8-12-24(22)30)29(28(33)34-3)26(20(19)2)25(31-27(29)32)18-21-9-5-4-6-10-21/h4-12,17,20,23,25-26H,13-16,18H2,1-3H3,(H,31,32)/t20-,23+,25+,26+,29-/m1/s1. The average Bonchev–Trinajstić information content (AvgIpc) is 3.15. The lowest BCUT2D eigenvalue weighted by Crippen LogP contribution is -2.53. The second-order valence-electron chi connectivity index (χ2n) is 9.70. The summed E-state index contributed by atoms with van der Waals surface area (Å²) in [7, 11) is 1.35. The number of fused-ring (bicyclic) bond motifs is 1. The molecule has 1 saturated heterocycles. The molecule has 0 spiro atoms. The minimum absolute atomic E-state index is 0.0417. The number of esters is 1. The minimum atomic E-state index is -1.29. The van der Waals surface area contributed by atoms with E-state index in [0.29, 0.717) is 38.0 Å². The molecule has 5 nitrogen and oxygen atoms in total. The fourth-order valence-corrected chi connectivity index (χ4v) is 5.99. The summed E-state index contributed by atoms with van der Waals surface area (Å²) in [6.45, 7) is 4.89. The molecule has 0 radical (unpaired) electrons. The van der Waals surface area contributed by atoms with Crippen molar-refractivity contribution in [1.82, 2.24) is 5.32 Å². The number of methoxy groups -OCH3 is 1. The van der Waals surface area contributed by atoms with Crippen molar-refractivity contribution < 1.29 is 23.5 Å². The summed E-state index contributed by atoms with van der Waals surface area (Å²) < 4.78 is 25.0. The maximum Gasteiger partial charge on any atom is 0.322 e. The fraction of sp³-hybridized carbons (Fsp3) is 0.448. The summed E-state index contributed by atoms with van der Waals surface area (Å²) in [5, 5.41) is 3.16. The first kappa shape index (κ1) is 25.1. The van der Waals surface area contributed by atoms with Crippen molar-refractivity contribution in [3.8, 4) is 0 Å². The Bertz CT molecular complexity index is 1090. The zero-order chi connectivity index (χ0) is 25.0. The van der Waals surface area contributed by atoms with Gasteiger partial charge in [0, 0.05) is 24.5 Å². The molecule has 1 aliphatic heterocycles. The van der Waals surface area contributed by atoms with Crippen molar-refractivity contribution in [2.24, 2.45) is 23.2 Å². The molecule has 186 valence electrons. The van der Waals surface area contributed by atoms with Gasteiger partial charge in [0.05, 0.1) is 13.7 Å². The number of hydrogen-bond acceptors (Lipinski definition) is 4. The van der Waals surface area contributed by atoms with Gasteiger partial charge in [0.2, 0.25) is 5.91 Å². The molecule has 1 aliphatic carbocycles. The fourth-order valence-electron chi connectivity index (χ4n) is 5.99. The molecule has 0 saturated carbocycles. The van der Waals surface area contributed by atoms with Crippen LogP contribution in [-0.4, -0.2) is 38.2 Å². The van der Waals surface area contributed by atoms with Gasteiger partial charge in [-0.25, -0.2) is 4.39 Å². The summed E-state index contributed by atoms with van der Waals surface area (Å²) in [4.78, 5) is 26.9. The van der Waals surface area contributed by atoms with Crippen LogP contribution in [0, 0.1) is 29.0 Å². The van der Waals surface area contributed by atoms with Crippen LogP contribution in [-0.2, 0) is 31.9 Å². The lowest BCUT2D eigenvalue weighted by Gasteiger charge is -2.44. The van der Waals surface area contributed by atoms with Crippen molar-refractivity contribution >= 4 is 11.9 Å². The Balaban J connectivity index is 1.53. The Hall–Kier alpha value is -2.99. The van der Waals surface area contributed by atoms with Crippen LogP contribution in [0.4, 0.5) is 4.39 Å². The number of amides is 1. The van der Waals surface area contributed by atoms with Gasteiger partial charge in [-0.3, -0.25) is 9.59 Å². The largest absolute Gasteiger partial charge is 0.468 e. The van der Waals surface area contributed by atoms with Crippen molar-refractivity contribution in [2.45, 2.75) is 39.2 Å². The molecule has 2 aromatic rings. The molecular weight excluding hydrogens is 445 g/mol. The van der Waals surface area contributed by atoms with E-state index in [-0.39, 0.29) is 35.5 Å². The predicted molar refractivity (Wildman–Crippen MR) is 132 cm³/mol. The molecule has 0 unspecified atom stereocenters. The summed E-state index contributed by atoms with van der Waals surface area (Å²) in [5.41, 5.74) is 1.60. The van der Waals surface area contributed by atoms with E-state index in [0.717, 1.165) is 5.56 Å². The maximum absolute atomic E-state index is 13.9. The third kappa shape index (κ3) is 4.76. The van der Waals surface area contributed by atoms with Crippen LogP contribution >= 0.6 is 0 Å². The van der Waals surface area contributed by atoms with Crippen molar-refractivity contribution in [1.29, 1.82) is 0 Å². The lowest BCUT2D eigenvalue weighted by molar-refractivity contribution is -0.165. The van der Waals surface area contributed by atoms with E-state index in [1.807, 2.05) is 30.3 Å². The van der Waals surface area contributed by atoms with Gasteiger partial charge < -0.3 is 14.8 Å². The van der Waals surface area contributed by atoms with E-state index in [1.165, 1.54) is 18.7 Å². The maximum atomic E-state index is 13.9. The molecule has 5 atom stereocenters. The van der Waals surface area contributed by atoms with E-state index < -0.39 is 11.4 Å². The van der Waals surface area contributed by atoms with Gasteiger partial charge in [0.25, 0.3) is 0 Å². The van der Waals surface area contributed by atoms with Crippen LogP contribution in [0.3, 0.4) is 0 Å². The summed E-state index contributed by atoms with van der Waals surface area (Å²) in [5.74, 6) is -1.51. The Morgan fingerprint density at radius 3 is 2.51 bits per heavy atom. The zero-order valence-electron chi connectivity index (χ0n) is 20.6. The Labute approximate surface area is 206 Å². The molecule has 35 heavy (non-hydrogen) atoms. The smallest absolute Gasteiger partial charge is 0.322 e. The van der Waals surface area contributed by atoms with Gasteiger partial charge in [0.15, 0.2) is 5.41 Å². The first-order chi connectivity index (χ1) is 16.9. The molecule has 2 aromatic carbocycles. The lowest BCUT2D eigenvalue weighted by atomic mass is 9.56. The Kier molecular flexibility index (Phi) is 7.70. The van der Waals surface area contributed by atoms with Crippen molar-refractivity contribution in [3.63, 3.8) is 0 Å². The number of nitrogens with one attached hydrogen (secondary N) is 1. The molecular formula is C29H34FNO4. The number of benzene rings is 2. The summed E-state index contributed by atoms with van der Waals surface area (Å²) in [6.07, 6.45) is 3.67. The van der Waals surface area contributed by atoms with E-state index in [2.05, 4.69) is 25.2 Å². The van der Waals surface area contributed by atoms with E-state index in [9.17, 15) is 14.0 Å². The van der Waals surface area contributed by atoms with Crippen LogP contribution in [0.25, 0.3) is 0 Å². The predicted octanol–water partition coefficient (Wildman–Crippen LogP) is 4.50. The molecule has 0 aromatic heterocycles. The van der Waals surface area contributed by atoms with Crippen LogP contribution in [0.5, 0.6) is 0 Å². The molecule has 1 amide bonds. The number of allylic oxidation sites excluding steroid dienone is 2. The highest BCUT2D eigenvalue weighted by Crippen LogP contribution is 2.54. The van der Waals surface area contributed by atoms with Crippen LogP contribution in [0.2, 0.25) is 0 Å². The minimum Gasteiger partial charge on any atom is -0.468 e. The summed E-state index contributed by atoms with van der Waals surface area (Å²) >= 11 is 0. The van der Waals surface area contributed by atoms with Gasteiger partial charge in [-0.15, -0.1) is 0 Å². The topological polar surface area (TPSA) is 64.6 Å². The molecule has 6 heteroatoms. The van der Waals surface area contributed by atoms with Crippen molar-refractivity contribution in [2.75, 3.05) is 20.3 Å². The molecule has 1 fully saturated rings. The molecule has 1 N–H and O–H groups in total. The van der Waals surface area contributed by atoms with E-state index in [4.69, 9.17) is 9.47 Å². The number of carbonyl (C=O) groups is 2. The number of rotatable bonds is 9. The number of ether oxygens (including phenoxy) is 2. The molecule has 4 rings (SSSR count). The number of hydrogen-bond donors (Lipinski definition) is 1. The molecule has 1 heterocycles. The SMILES string of the molecule is COC(=O)[C@@]12C(=O)N[C@@H](Cc3ccccc3)[C@@H]1[C@H](C)C(C)=C[C@@H]2CCOCCc1ccccc1F. The van der Waals surface area contributed by atoms with Crippen molar-refractivity contribution in [3.05, 3.63) is 83.2 Å². The highest BCUT2D eigenvalue weighted by Gasteiger charge is 2.66. The molecule has 2 aliphatic rings. The first-order valence-corrected chi connectivity index (χ1v) is 12.3. The highest BCUT2D eigenvalue weighted by molar-refractivity contribution is 6.06. The molecule has 0 bridgehead atoms. The van der Waals surface area contributed by atoms with E-state index >= 15 is 0 Å². The van der Waals surface area contributed by atoms with Gasteiger partial charge in [-0.1, -0.05) is 67.1 Å². The van der Waals surface area contributed by atoms with Crippen LogP contribution in [0.15, 0.2) is 66.2 Å². The second-order valence-corrected chi connectivity index (χ2v) is 9.70. The highest BCUT2D eigenvalue weighted by atomic mass is 19.1. The first-order valence-electron chi connectivity index (χ1n) is 12.3. The average molecular weight is 480 g/mol. The van der Waals surface area contributed by atoms with Gasteiger partial charge in [-0.05, 0) is 49.3 Å². The quantitative estimate of drug-likeness (QED) is 0.249.